The molecule has 5 aromatic rings. The minimum absolute atomic E-state index is 0.0976. The second-order valence-corrected chi connectivity index (χ2v) is 12.8. The molecule has 1 aliphatic rings. The van der Waals surface area contributed by atoms with E-state index in [0.29, 0.717) is 44.9 Å². The third-order valence-corrected chi connectivity index (χ3v) is 9.73. The lowest BCUT2D eigenvalue weighted by atomic mass is 9.96. The number of Topliss-reactive ketones (excluding diaryl/α,β-unsaturated/α-hetero) is 1. The molecule has 0 aliphatic carbocycles. The normalized spacial score (nSPS) is 16.2. The van der Waals surface area contributed by atoms with E-state index < -0.39 is 17.7 Å². The fourth-order valence-corrected chi connectivity index (χ4v) is 7.07. The van der Waals surface area contributed by atoms with Gasteiger partial charge in [0.1, 0.15) is 22.9 Å². The van der Waals surface area contributed by atoms with Crippen molar-refractivity contribution in [3.63, 3.8) is 0 Å². The largest absolute Gasteiger partial charge is 0.505 e. The third kappa shape index (κ3) is 5.83. The van der Waals surface area contributed by atoms with E-state index in [4.69, 9.17) is 4.74 Å². The molecule has 3 aromatic heterocycles. The number of aromatic nitrogens is 4. The van der Waals surface area contributed by atoms with Gasteiger partial charge < -0.3 is 14.2 Å². The fraction of sp³-hybridized carbons (Fsp3) is 0.242. The van der Waals surface area contributed by atoms with E-state index in [1.165, 1.54) is 22.7 Å². The van der Waals surface area contributed by atoms with Crippen molar-refractivity contribution in [1.82, 2.24) is 19.6 Å². The summed E-state index contributed by atoms with van der Waals surface area (Å²) in [7, 11) is 0. The van der Waals surface area contributed by atoms with E-state index in [1.54, 1.807) is 49.4 Å². The molecule has 45 heavy (non-hydrogen) atoms. The van der Waals surface area contributed by atoms with Crippen LogP contribution in [0, 0.1) is 19.7 Å². The molecule has 1 fully saturated rings. The van der Waals surface area contributed by atoms with Gasteiger partial charge in [0.05, 0.1) is 23.9 Å². The summed E-state index contributed by atoms with van der Waals surface area (Å²) in [5.74, 6) is -1.42. The Balaban J connectivity index is 1.41. The van der Waals surface area contributed by atoms with Gasteiger partial charge in [-0.15, -0.1) is 10.2 Å². The molecule has 230 valence electrons. The molecule has 2 aromatic carbocycles. The number of unbranched alkanes of at least 4 members (excludes halogenated alkanes) is 1. The molecule has 1 unspecified atom stereocenters. The van der Waals surface area contributed by atoms with Gasteiger partial charge in [0.25, 0.3) is 5.78 Å². The number of aliphatic hydroxyl groups excluding tert-OH is 1. The number of benzene rings is 2. The number of carbonyl (C=O) groups excluding carboxylic acids is 2. The van der Waals surface area contributed by atoms with Crippen molar-refractivity contribution in [1.29, 1.82) is 0 Å². The highest BCUT2D eigenvalue weighted by molar-refractivity contribution is 8.00. The number of anilines is 1. The average Bonchev–Trinajstić information content (AvgIpc) is 3.72. The number of hydrogen-bond donors (Lipinski definition) is 1. The standard InChI is InChI=1S/C33H30FN5O4S2/c1-4-5-17-43-23-14-12-21(13-15-23)27-25(28(40)26-20(3)38-16-8-9-19(2)30(38)35-26)29(41)31(42)39(27)32-36-37-33(45-32)44-18-22-10-6-7-11-24(22)34/h6-16,27,40H,4-5,17-18H2,1-3H3/b28-25+. The van der Waals surface area contributed by atoms with Gasteiger partial charge in [-0.2, -0.15) is 0 Å². The van der Waals surface area contributed by atoms with Gasteiger partial charge >= 0.3 is 5.91 Å². The molecule has 1 atom stereocenters. The number of amides is 1. The second-order valence-electron chi connectivity index (χ2n) is 10.6. The molecule has 1 amide bonds. The first-order valence-electron chi connectivity index (χ1n) is 14.5. The minimum Gasteiger partial charge on any atom is -0.505 e. The summed E-state index contributed by atoms with van der Waals surface area (Å²) in [5, 5.41) is 20.4. The Kier molecular flexibility index (Phi) is 8.68. The summed E-state index contributed by atoms with van der Waals surface area (Å²) in [6, 6.07) is 16.4. The summed E-state index contributed by atoms with van der Waals surface area (Å²) in [5.41, 5.74) is 3.36. The highest BCUT2D eigenvalue weighted by Gasteiger charge is 2.49. The van der Waals surface area contributed by atoms with Gasteiger partial charge in [-0.25, -0.2) is 9.37 Å². The molecule has 1 saturated heterocycles. The molecule has 12 heteroatoms. The Bertz CT molecular complexity index is 1940. The van der Waals surface area contributed by atoms with Crippen LogP contribution in [0.25, 0.3) is 11.4 Å². The van der Waals surface area contributed by atoms with E-state index in [-0.39, 0.29) is 28.0 Å². The van der Waals surface area contributed by atoms with Gasteiger partial charge in [-0.3, -0.25) is 14.5 Å². The van der Waals surface area contributed by atoms with Crippen LogP contribution in [0.1, 0.15) is 53.9 Å². The predicted octanol–water partition coefficient (Wildman–Crippen LogP) is 7.04. The number of thioether (sulfide) groups is 1. The quantitative estimate of drug-likeness (QED) is 0.0431. The van der Waals surface area contributed by atoms with Crippen molar-refractivity contribution in [2.75, 3.05) is 11.5 Å². The van der Waals surface area contributed by atoms with E-state index in [1.807, 2.05) is 29.7 Å². The number of hydrogen-bond acceptors (Lipinski definition) is 9. The van der Waals surface area contributed by atoms with Crippen LogP contribution in [0.5, 0.6) is 5.75 Å². The third-order valence-electron chi connectivity index (χ3n) is 7.63. The fourth-order valence-electron chi connectivity index (χ4n) is 5.21. The smallest absolute Gasteiger partial charge is 0.301 e. The van der Waals surface area contributed by atoms with Gasteiger partial charge in [0, 0.05) is 11.9 Å². The van der Waals surface area contributed by atoms with Crippen molar-refractivity contribution in [2.24, 2.45) is 0 Å². The lowest BCUT2D eigenvalue weighted by molar-refractivity contribution is -0.132. The van der Waals surface area contributed by atoms with Gasteiger partial charge in [-0.05, 0) is 61.2 Å². The van der Waals surface area contributed by atoms with Crippen LogP contribution in [0.15, 0.2) is 76.8 Å². The Morgan fingerprint density at radius 3 is 2.58 bits per heavy atom. The number of ketones is 1. The zero-order valence-corrected chi connectivity index (χ0v) is 26.5. The van der Waals surface area contributed by atoms with Crippen LogP contribution < -0.4 is 9.64 Å². The highest BCUT2D eigenvalue weighted by atomic mass is 32.2. The Labute approximate surface area is 267 Å². The highest BCUT2D eigenvalue weighted by Crippen LogP contribution is 2.44. The van der Waals surface area contributed by atoms with Crippen LogP contribution in [0.3, 0.4) is 0 Å². The Morgan fingerprint density at radius 1 is 1.07 bits per heavy atom. The van der Waals surface area contributed by atoms with Crippen molar-refractivity contribution < 1.29 is 23.8 Å². The monoisotopic (exact) mass is 643 g/mol. The summed E-state index contributed by atoms with van der Waals surface area (Å²) in [6.07, 6.45) is 3.74. The molecule has 0 radical (unpaired) electrons. The van der Waals surface area contributed by atoms with Crippen LogP contribution >= 0.6 is 23.1 Å². The molecule has 9 nitrogen and oxygen atoms in total. The molecule has 1 N–H and O–H groups in total. The van der Waals surface area contributed by atoms with Gasteiger partial charge in [0.2, 0.25) is 5.13 Å². The summed E-state index contributed by atoms with van der Waals surface area (Å²) in [4.78, 5) is 33.3. The number of nitrogens with zero attached hydrogens (tertiary/aromatic N) is 5. The Morgan fingerprint density at radius 2 is 1.84 bits per heavy atom. The number of fused-ring (bicyclic) bond motifs is 1. The van der Waals surface area contributed by atoms with E-state index >= 15 is 0 Å². The average molecular weight is 644 g/mol. The first-order chi connectivity index (χ1) is 21.8. The molecule has 0 saturated carbocycles. The molecular formula is C33H30FN5O4S2. The zero-order valence-electron chi connectivity index (χ0n) is 24.9. The van der Waals surface area contributed by atoms with Crippen LogP contribution in [0.4, 0.5) is 9.52 Å². The number of carbonyl (C=O) groups is 2. The zero-order chi connectivity index (χ0) is 31.7. The Hall–Kier alpha value is -4.55. The van der Waals surface area contributed by atoms with Gasteiger partial charge in [0.15, 0.2) is 10.1 Å². The first-order valence-corrected chi connectivity index (χ1v) is 16.3. The number of ether oxygens (including phenoxy) is 1. The van der Waals surface area contributed by atoms with Gasteiger partial charge in [-0.1, -0.05) is 72.8 Å². The summed E-state index contributed by atoms with van der Waals surface area (Å²) in [6.45, 7) is 6.36. The number of aliphatic hydroxyl groups is 1. The lowest BCUT2D eigenvalue weighted by Gasteiger charge is -2.22. The molecular weight excluding hydrogens is 614 g/mol. The predicted molar refractivity (Wildman–Crippen MR) is 172 cm³/mol. The maximum absolute atomic E-state index is 14.2. The molecule has 0 bridgehead atoms. The van der Waals surface area contributed by atoms with E-state index in [2.05, 4.69) is 22.1 Å². The summed E-state index contributed by atoms with van der Waals surface area (Å²) >= 11 is 2.40. The number of rotatable bonds is 10. The number of pyridine rings is 1. The number of halogens is 1. The maximum atomic E-state index is 14.2. The first kappa shape index (κ1) is 30.5. The van der Waals surface area contributed by atoms with Crippen LogP contribution in [-0.2, 0) is 15.3 Å². The lowest BCUT2D eigenvalue weighted by Crippen LogP contribution is -2.29. The minimum atomic E-state index is -1.00. The second kappa shape index (κ2) is 12.8. The summed E-state index contributed by atoms with van der Waals surface area (Å²) < 4.78 is 22.3. The molecule has 6 rings (SSSR count). The van der Waals surface area contributed by atoms with Crippen molar-refractivity contribution in [2.45, 2.75) is 49.7 Å². The SMILES string of the molecule is CCCCOc1ccc(C2/C(=C(\O)c3nc4c(C)cccn4c3C)C(=O)C(=O)N2c2nnc(SCc3ccccc3F)s2)cc1. The van der Waals surface area contributed by atoms with E-state index in [9.17, 15) is 19.1 Å². The maximum Gasteiger partial charge on any atom is 0.301 e. The van der Waals surface area contributed by atoms with E-state index in [0.717, 1.165) is 29.7 Å². The van der Waals surface area contributed by atoms with Crippen molar-refractivity contribution >= 4 is 51.3 Å². The number of aryl methyl sites for hydroxylation is 2. The van der Waals surface area contributed by atoms with Crippen LogP contribution in [-0.4, -0.2) is 43.0 Å². The number of imidazole rings is 1. The van der Waals surface area contributed by atoms with Crippen molar-refractivity contribution in [3.05, 3.63) is 106 Å². The van der Waals surface area contributed by atoms with Crippen LogP contribution in [0.2, 0.25) is 0 Å². The molecule has 1 aliphatic heterocycles. The topological polar surface area (TPSA) is 110 Å². The molecule has 0 spiro atoms. The van der Waals surface area contributed by atoms with Crippen molar-refractivity contribution in [3.8, 4) is 5.75 Å². The molecule has 4 heterocycles.